The number of rotatable bonds is 13. The second-order valence-electron chi connectivity index (χ2n) is 9.99. The van der Waals surface area contributed by atoms with Gasteiger partial charge in [0.25, 0.3) is 5.91 Å². The van der Waals surface area contributed by atoms with Crippen molar-refractivity contribution in [1.29, 1.82) is 0 Å². The molecule has 12 nitrogen and oxygen atoms in total. The van der Waals surface area contributed by atoms with E-state index in [2.05, 4.69) is 15.6 Å². The van der Waals surface area contributed by atoms with Crippen LogP contribution in [0.5, 0.6) is 0 Å². The van der Waals surface area contributed by atoms with Gasteiger partial charge in [0.15, 0.2) is 0 Å². The Labute approximate surface area is 221 Å². The average Bonchev–Trinajstić information content (AvgIpc) is 3.30. The fourth-order valence-electron chi connectivity index (χ4n) is 5.48. The number of nitrogens with two attached hydrogens (primary N) is 1. The Morgan fingerprint density at radius 1 is 1.05 bits per heavy atom. The van der Waals surface area contributed by atoms with E-state index in [9.17, 15) is 34.2 Å². The second kappa shape index (κ2) is 13.8. The summed E-state index contributed by atoms with van der Waals surface area (Å²) >= 11 is 0. The topological polar surface area (TPSA) is 192 Å². The van der Waals surface area contributed by atoms with Gasteiger partial charge in [-0.15, -0.1) is 0 Å². The van der Waals surface area contributed by atoms with Crippen LogP contribution in [0.15, 0.2) is 24.5 Å². The Kier molecular flexibility index (Phi) is 10.6. The maximum absolute atomic E-state index is 13.7. The van der Waals surface area contributed by atoms with Gasteiger partial charge in [0.1, 0.15) is 18.1 Å². The highest BCUT2D eigenvalue weighted by Gasteiger charge is 2.49. The van der Waals surface area contributed by atoms with Crippen LogP contribution in [-0.4, -0.2) is 80.5 Å². The summed E-state index contributed by atoms with van der Waals surface area (Å²) in [5.74, 6) is -3.95. The van der Waals surface area contributed by atoms with E-state index in [4.69, 9.17) is 5.73 Å². The van der Waals surface area contributed by atoms with Crippen LogP contribution >= 0.6 is 0 Å². The first-order valence-electron chi connectivity index (χ1n) is 13.2. The number of carboxylic acids is 2. The number of carbonyl (C=O) groups excluding carboxylic acids is 3. The van der Waals surface area contributed by atoms with Gasteiger partial charge in [0.2, 0.25) is 11.8 Å². The van der Waals surface area contributed by atoms with Crippen molar-refractivity contribution in [3.63, 3.8) is 0 Å². The molecule has 0 bridgehead atoms. The predicted octanol–water partition coefficient (Wildman–Crippen LogP) is 0.903. The maximum atomic E-state index is 13.7. The molecule has 2 fully saturated rings. The number of carbonyl (C=O) groups is 5. The van der Waals surface area contributed by atoms with Gasteiger partial charge in [-0.3, -0.25) is 24.2 Å². The molecule has 0 spiro atoms. The quantitative estimate of drug-likeness (QED) is 0.230. The first-order chi connectivity index (χ1) is 18.2. The number of nitrogens with zero attached hydrogens (tertiary/aromatic N) is 2. The van der Waals surface area contributed by atoms with Gasteiger partial charge in [0.05, 0.1) is 5.56 Å². The van der Waals surface area contributed by atoms with Crippen molar-refractivity contribution in [2.24, 2.45) is 11.7 Å². The minimum Gasteiger partial charge on any atom is -0.481 e. The van der Waals surface area contributed by atoms with Crippen molar-refractivity contribution < 1.29 is 34.2 Å². The maximum Gasteiger partial charge on any atom is 0.326 e. The average molecular weight is 532 g/mol. The minimum atomic E-state index is -1.24. The van der Waals surface area contributed by atoms with Gasteiger partial charge in [-0.1, -0.05) is 12.8 Å². The van der Waals surface area contributed by atoms with Crippen LogP contribution in [0.2, 0.25) is 0 Å². The summed E-state index contributed by atoms with van der Waals surface area (Å²) in [7, 11) is 0. The van der Waals surface area contributed by atoms with Crippen molar-refractivity contribution in [1.82, 2.24) is 20.5 Å². The fourth-order valence-corrected chi connectivity index (χ4v) is 5.48. The molecule has 1 aliphatic heterocycles. The number of hydrogen-bond acceptors (Lipinski definition) is 7. The van der Waals surface area contributed by atoms with E-state index in [0.29, 0.717) is 32.2 Å². The number of likely N-dealkylation sites (tertiary alicyclic amines) is 1. The Bertz CT molecular complexity index is 1000. The highest BCUT2D eigenvalue weighted by Crippen LogP contribution is 2.40. The molecule has 1 aliphatic carbocycles. The molecule has 3 rings (SSSR count). The van der Waals surface area contributed by atoms with Crippen LogP contribution in [0.3, 0.4) is 0 Å². The Hall–Kier alpha value is -3.54. The van der Waals surface area contributed by atoms with Gasteiger partial charge in [-0.2, -0.15) is 0 Å². The Morgan fingerprint density at radius 2 is 1.82 bits per heavy atom. The van der Waals surface area contributed by atoms with Crippen molar-refractivity contribution in [2.75, 3.05) is 6.54 Å². The molecule has 6 N–H and O–H groups in total. The van der Waals surface area contributed by atoms with Crippen LogP contribution in [0.4, 0.5) is 0 Å². The number of amides is 3. The zero-order chi connectivity index (χ0) is 27.7. The lowest BCUT2D eigenvalue weighted by Gasteiger charge is -2.35. The second-order valence-corrected chi connectivity index (χ2v) is 9.99. The molecule has 1 aromatic rings. The molecule has 1 saturated carbocycles. The van der Waals surface area contributed by atoms with Crippen LogP contribution in [0, 0.1) is 5.92 Å². The third kappa shape index (κ3) is 7.50. The van der Waals surface area contributed by atoms with E-state index in [1.807, 2.05) is 0 Å². The van der Waals surface area contributed by atoms with E-state index in [1.54, 1.807) is 12.1 Å². The third-order valence-electron chi connectivity index (χ3n) is 7.38. The van der Waals surface area contributed by atoms with Crippen molar-refractivity contribution in [2.45, 2.75) is 88.4 Å². The van der Waals surface area contributed by atoms with Crippen molar-refractivity contribution in [3.8, 4) is 0 Å². The van der Waals surface area contributed by atoms with Crippen LogP contribution in [0.25, 0.3) is 0 Å². The van der Waals surface area contributed by atoms with Crippen molar-refractivity contribution in [3.05, 3.63) is 30.1 Å². The summed E-state index contributed by atoms with van der Waals surface area (Å²) < 4.78 is 0. The third-order valence-corrected chi connectivity index (χ3v) is 7.38. The number of fused-ring (bicyclic) bond motifs is 1. The molecule has 1 aromatic heterocycles. The smallest absolute Gasteiger partial charge is 0.326 e. The van der Waals surface area contributed by atoms with Crippen molar-refractivity contribution >= 4 is 29.7 Å². The highest BCUT2D eigenvalue weighted by atomic mass is 16.4. The zero-order valence-electron chi connectivity index (χ0n) is 21.4. The number of hydrogen-bond donors (Lipinski definition) is 5. The molecule has 0 aromatic carbocycles. The molecule has 12 heteroatoms. The van der Waals surface area contributed by atoms with Gasteiger partial charge < -0.3 is 31.5 Å². The predicted molar refractivity (Wildman–Crippen MR) is 136 cm³/mol. The first kappa shape index (κ1) is 29.0. The molecule has 5 atom stereocenters. The molecule has 208 valence electrons. The summed E-state index contributed by atoms with van der Waals surface area (Å²) in [5, 5.41) is 24.4. The zero-order valence-corrected chi connectivity index (χ0v) is 21.4. The van der Waals surface area contributed by atoms with Crippen LogP contribution in [-0.2, 0) is 19.2 Å². The van der Waals surface area contributed by atoms with E-state index >= 15 is 0 Å². The standard InChI is InChI=1S/C26H37N5O7/c27-12-4-3-8-18(29-23(34)17-7-5-13-28-15-17)24(35)30-19(10-11-22(32)33)25(36)31-20-9-2-1-6-16(20)14-21(31)26(37)38/h5,7,13,15-16,18-21H,1-4,6,8-12,14,27H2,(H,29,34)(H,30,35)(H,32,33)(H,37,38). The molecule has 2 aliphatic rings. The van der Waals surface area contributed by atoms with Crippen LogP contribution in [0.1, 0.15) is 74.6 Å². The van der Waals surface area contributed by atoms with E-state index < -0.39 is 54.2 Å². The number of aromatic nitrogens is 1. The molecule has 0 radical (unpaired) electrons. The molecular formula is C26H37N5O7. The fraction of sp³-hybridized carbons (Fsp3) is 0.615. The van der Waals surface area contributed by atoms with Gasteiger partial charge in [0, 0.05) is 24.9 Å². The minimum absolute atomic E-state index is 0.0624. The summed E-state index contributed by atoms with van der Waals surface area (Å²) in [6.45, 7) is 0.401. The molecule has 38 heavy (non-hydrogen) atoms. The van der Waals surface area contributed by atoms with Crippen LogP contribution < -0.4 is 16.4 Å². The summed E-state index contributed by atoms with van der Waals surface area (Å²) in [6.07, 6.45) is 7.36. The Balaban J connectivity index is 1.80. The number of aliphatic carboxylic acids is 2. The van der Waals surface area contributed by atoms with E-state index in [1.165, 1.54) is 17.3 Å². The normalized spacial score (nSPS) is 22.1. The molecular weight excluding hydrogens is 494 g/mol. The van der Waals surface area contributed by atoms with E-state index in [0.717, 1.165) is 19.3 Å². The van der Waals surface area contributed by atoms with Gasteiger partial charge in [-0.05, 0) is 69.5 Å². The monoisotopic (exact) mass is 531 g/mol. The SMILES string of the molecule is NCCCCC(NC(=O)c1cccnc1)C(=O)NC(CCC(=O)O)C(=O)N1C(C(=O)O)CC2CCCCC21. The molecule has 2 heterocycles. The Morgan fingerprint density at radius 3 is 2.47 bits per heavy atom. The summed E-state index contributed by atoms with van der Waals surface area (Å²) in [6, 6.07) is -0.389. The number of pyridine rings is 1. The lowest BCUT2D eigenvalue weighted by Crippen LogP contribution is -2.57. The first-order valence-corrected chi connectivity index (χ1v) is 13.2. The number of nitrogens with one attached hydrogen (secondary N) is 2. The molecule has 5 unspecified atom stereocenters. The van der Waals surface area contributed by atoms with Gasteiger partial charge in [-0.25, -0.2) is 4.79 Å². The summed E-state index contributed by atoms with van der Waals surface area (Å²) in [4.78, 5) is 68.5. The summed E-state index contributed by atoms with van der Waals surface area (Å²) in [5.41, 5.74) is 5.84. The van der Waals surface area contributed by atoms with E-state index in [-0.39, 0.29) is 30.4 Å². The highest BCUT2D eigenvalue weighted by molar-refractivity contribution is 5.98. The number of unbranched alkanes of at least 4 members (excludes halogenated alkanes) is 1. The lowest BCUT2D eigenvalue weighted by atomic mass is 9.84. The largest absolute Gasteiger partial charge is 0.481 e. The molecule has 3 amide bonds. The van der Waals surface area contributed by atoms with Gasteiger partial charge >= 0.3 is 11.9 Å². The lowest BCUT2D eigenvalue weighted by molar-refractivity contribution is -0.151. The number of carboxylic acid groups (broad SMARTS) is 2. The molecule has 1 saturated heterocycles.